The number of amides is 2. The lowest BCUT2D eigenvalue weighted by molar-refractivity contribution is -0.134. The Hall–Kier alpha value is -2.94. The van der Waals surface area contributed by atoms with Crippen molar-refractivity contribution in [2.45, 2.75) is 83.6 Å². The van der Waals surface area contributed by atoms with E-state index in [1.807, 2.05) is 47.9 Å². The fourth-order valence-electron chi connectivity index (χ4n) is 5.99. The fourth-order valence-corrected chi connectivity index (χ4v) is 5.99. The standard InChI is InChI=1S/C30H42N4O5/c1-22(2)28-32-31-26(39-28)10-11-27(35)33-16-13-30(14-17-33)12-3-4-18-37-20-24-8-6-15-34(24)29(36)23-7-5-9-25(19-23)38-21-30/h5,7,9,19,22,24H,3-4,6,8,10-18,20-21H2,1-2H3/t24-/m0/s1. The summed E-state index contributed by atoms with van der Waals surface area (Å²) in [5, 5.41) is 8.15. The van der Waals surface area contributed by atoms with Crippen molar-refractivity contribution in [2.24, 2.45) is 5.41 Å². The van der Waals surface area contributed by atoms with Gasteiger partial charge in [-0.05, 0) is 56.7 Å². The third-order valence-electron chi connectivity index (χ3n) is 8.53. The van der Waals surface area contributed by atoms with Gasteiger partial charge in [-0.1, -0.05) is 26.3 Å². The summed E-state index contributed by atoms with van der Waals surface area (Å²) < 4.78 is 18.1. The second-order valence-electron chi connectivity index (χ2n) is 11.7. The number of nitrogens with zero attached hydrogens (tertiary/aromatic N) is 4. The lowest BCUT2D eigenvalue weighted by Gasteiger charge is -2.42. The van der Waals surface area contributed by atoms with Crippen molar-refractivity contribution in [1.29, 1.82) is 0 Å². The van der Waals surface area contributed by atoms with E-state index in [9.17, 15) is 9.59 Å². The summed E-state index contributed by atoms with van der Waals surface area (Å²) in [4.78, 5) is 30.2. The van der Waals surface area contributed by atoms with Gasteiger partial charge in [0.2, 0.25) is 17.7 Å². The molecule has 1 aromatic heterocycles. The summed E-state index contributed by atoms with van der Waals surface area (Å²) in [5.74, 6) is 2.25. The molecule has 4 heterocycles. The van der Waals surface area contributed by atoms with Crippen LogP contribution in [0.25, 0.3) is 0 Å². The van der Waals surface area contributed by atoms with Crippen LogP contribution < -0.4 is 4.74 Å². The third-order valence-corrected chi connectivity index (χ3v) is 8.53. The summed E-state index contributed by atoms with van der Waals surface area (Å²) in [6.45, 7) is 8.13. The molecule has 2 amide bonds. The van der Waals surface area contributed by atoms with E-state index in [1.165, 1.54) is 0 Å². The fraction of sp³-hybridized carbons (Fsp3) is 0.667. The number of ether oxygens (including phenoxy) is 2. The third kappa shape index (κ3) is 6.80. The van der Waals surface area contributed by atoms with Gasteiger partial charge in [0.1, 0.15) is 5.75 Å². The molecule has 9 nitrogen and oxygen atoms in total. The Balaban J connectivity index is 1.20. The summed E-state index contributed by atoms with van der Waals surface area (Å²) in [6.07, 6.45) is 7.73. The van der Waals surface area contributed by atoms with Crippen LogP contribution in [0.15, 0.2) is 28.7 Å². The van der Waals surface area contributed by atoms with E-state index < -0.39 is 0 Å². The first-order valence-corrected chi connectivity index (χ1v) is 14.6. The quantitative estimate of drug-likeness (QED) is 0.560. The van der Waals surface area contributed by atoms with Crippen LogP contribution in [0, 0.1) is 5.41 Å². The van der Waals surface area contributed by atoms with Crippen molar-refractivity contribution in [3.63, 3.8) is 0 Å². The SMILES string of the molecule is CC(C)c1nnc(CCC(=O)N2CCC3(CCCCOC[C@@H]4CCCN4C(=O)c4cccc(c4)OC3)CC2)o1. The summed E-state index contributed by atoms with van der Waals surface area (Å²) in [5.41, 5.74) is 0.667. The molecule has 2 fully saturated rings. The second-order valence-corrected chi connectivity index (χ2v) is 11.7. The molecule has 212 valence electrons. The van der Waals surface area contributed by atoms with Crippen LogP contribution in [-0.4, -0.2) is 77.3 Å². The van der Waals surface area contributed by atoms with Crippen molar-refractivity contribution in [1.82, 2.24) is 20.0 Å². The van der Waals surface area contributed by atoms with Gasteiger partial charge in [0.25, 0.3) is 5.91 Å². The average Bonchev–Trinajstić information content (AvgIpc) is 3.62. The molecule has 0 N–H and O–H groups in total. The summed E-state index contributed by atoms with van der Waals surface area (Å²) in [6, 6.07) is 7.75. The smallest absolute Gasteiger partial charge is 0.254 e. The molecule has 39 heavy (non-hydrogen) atoms. The molecular formula is C30H42N4O5. The number of aryl methyl sites for hydroxylation is 1. The molecule has 3 aliphatic rings. The topological polar surface area (TPSA) is 98.0 Å². The van der Waals surface area contributed by atoms with Crippen molar-refractivity contribution in [3.05, 3.63) is 41.6 Å². The molecule has 0 aliphatic carbocycles. The van der Waals surface area contributed by atoms with Gasteiger partial charge < -0.3 is 23.7 Å². The van der Waals surface area contributed by atoms with Gasteiger partial charge >= 0.3 is 0 Å². The number of carbonyl (C=O) groups excluding carboxylic acids is 2. The van der Waals surface area contributed by atoms with E-state index in [-0.39, 0.29) is 29.2 Å². The van der Waals surface area contributed by atoms with Gasteiger partial charge in [-0.25, -0.2) is 0 Å². The van der Waals surface area contributed by atoms with Gasteiger partial charge in [-0.15, -0.1) is 10.2 Å². The first-order chi connectivity index (χ1) is 18.9. The molecule has 2 aromatic rings. The number of likely N-dealkylation sites (tertiary alicyclic amines) is 1. The molecule has 2 saturated heterocycles. The first kappa shape index (κ1) is 27.6. The second kappa shape index (κ2) is 12.5. The number of fused-ring (bicyclic) bond motifs is 3. The van der Waals surface area contributed by atoms with Gasteiger partial charge in [-0.3, -0.25) is 9.59 Å². The minimum atomic E-state index is -0.00433. The maximum atomic E-state index is 13.3. The lowest BCUT2D eigenvalue weighted by atomic mass is 9.75. The Kier molecular flexibility index (Phi) is 8.85. The predicted molar refractivity (Wildman–Crippen MR) is 146 cm³/mol. The van der Waals surface area contributed by atoms with E-state index in [1.54, 1.807) is 0 Å². The monoisotopic (exact) mass is 538 g/mol. The molecule has 0 saturated carbocycles. The van der Waals surface area contributed by atoms with Gasteiger partial charge in [-0.2, -0.15) is 0 Å². The minimum absolute atomic E-state index is 0.00433. The van der Waals surface area contributed by atoms with E-state index in [4.69, 9.17) is 13.9 Å². The zero-order chi connectivity index (χ0) is 27.2. The molecule has 0 radical (unpaired) electrons. The first-order valence-electron chi connectivity index (χ1n) is 14.6. The molecule has 1 aromatic carbocycles. The van der Waals surface area contributed by atoms with Crippen molar-refractivity contribution < 1.29 is 23.5 Å². The van der Waals surface area contributed by atoms with Crippen LogP contribution in [-0.2, 0) is 16.0 Å². The molecule has 2 bridgehead atoms. The molecule has 9 heteroatoms. The maximum absolute atomic E-state index is 13.3. The Bertz CT molecular complexity index is 1120. The van der Waals surface area contributed by atoms with Crippen LogP contribution in [0.1, 0.15) is 93.3 Å². The van der Waals surface area contributed by atoms with E-state index in [2.05, 4.69) is 10.2 Å². The number of rotatable bonds is 4. The minimum Gasteiger partial charge on any atom is -0.493 e. The van der Waals surface area contributed by atoms with E-state index in [0.29, 0.717) is 50.0 Å². The zero-order valence-electron chi connectivity index (χ0n) is 23.4. The van der Waals surface area contributed by atoms with Gasteiger partial charge in [0.15, 0.2) is 0 Å². The molecule has 0 unspecified atom stereocenters. The number of hydrogen-bond acceptors (Lipinski definition) is 7. The highest BCUT2D eigenvalue weighted by Crippen LogP contribution is 2.38. The molecule has 3 aliphatic heterocycles. The Morgan fingerprint density at radius 1 is 1.10 bits per heavy atom. The van der Waals surface area contributed by atoms with Crippen LogP contribution >= 0.6 is 0 Å². The number of benzene rings is 1. The highest BCUT2D eigenvalue weighted by molar-refractivity contribution is 5.95. The Morgan fingerprint density at radius 2 is 1.95 bits per heavy atom. The number of aromatic nitrogens is 2. The number of carbonyl (C=O) groups is 2. The lowest BCUT2D eigenvalue weighted by Crippen LogP contribution is -2.45. The summed E-state index contributed by atoms with van der Waals surface area (Å²) >= 11 is 0. The normalized spacial score (nSPS) is 22.3. The molecule has 1 spiro atoms. The maximum Gasteiger partial charge on any atom is 0.254 e. The largest absolute Gasteiger partial charge is 0.493 e. The van der Waals surface area contributed by atoms with E-state index >= 15 is 0 Å². The van der Waals surface area contributed by atoms with Crippen LogP contribution in [0.3, 0.4) is 0 Å². The van der Waals surface area contributed by atoms with Gasteiger partial charge in [0, 0.05) is 56.0 Å². The predicted octanol–water partition coefficient (Wildman–Crippen LogP) is 4.62. The highest BCUT2D eigenvalue weighted by Gasteiger charge is 2.37. The van der Waals surface area contributed by atoms with Crippen LogP contribution in [0.2, 0.25) is 0 Å². The van der Waals surface area contributed by atoms with E-state index in [0.717, 1.165) is 70.3 Å². The highest BCUT2D eigenvalue weighted by atomic mass is 16.5. The molecule has 5 rings (SSSR count). The molecular weight excluding hydrogens is 496 g/mol. The zero-order valence-corrected chi connectivity index (χ0v) is 23.4. The number of hydrogen-bond donors (Lipinski definition) is 0. The number of piperidine rings is 1. The molecule has 1 atom stereocenters. The Labute approximate surface area is 231 Å². The van der Waals surface area contributed by atoms with Crippen LogP contribution in [0.4, 0.5) is 0 Å². The van der Waals surface area contributed by atoms with Crippen molar-refractivity contribution >= 4 is 11.8 Å². The van der Waals surface area contributed by atoms with Crippen molar-refractivity contribution in [2.75, 3.05) is 39.5 Å². The van der Waals surface area contributed by atoms with Crippen molar-refractivity contribution in [3.8, 4) is 5.75 Å². The summed E-state index contributed by atoms with van der Waals surface area (Å²) in [7, 11) is 0. The Morgan fingerprint density at radius 3 is 2.74 bits per heavy atom. The van der Waals surface area contributed by atoms with Gasteiger partial charge in [0.05, 0.1) is 19.3 Å². The average molecular weight is 539 g/mol. The van der Waals surface area contributed by atoms with Crippen LogP contribution in [0.5, 0.6) is 5.75 Å².